The Kier molecular flexibility index (Phi) is 6.35. The predicted octanol–water partition coefficient (Wildman–Crippen LogP) is 1.46. The highest BCUT2D eigenvalue weighted by atomic mass is 16.5. The summed E-state index contributed by atoms with van der Waals surface area (Å²) in [5, 5.41) is 2.81. The molecule has 1 N–H and O–H groups in total. The van der Waals surface area contributed by atoms with Crippen molar-refractivity contribution in [2.24, 2.45) is 0 Å². The molecule has 6 nitrogen and oxygen atoms in total. The Hall–Kier alpha value is -2.37. The van der Waals surface area contributed by atoms with Crippen LogP contribution in [0, 0.1) is 0 Å². The van der Waals surface area contributed by atoms with Gasteiger partial charge in [0.1, 0.15) is 0 Å². The van der Waals surface area contributed by atoms with Gasteiger partial charge in [0, 0.05) is 13.1 Å². The second kappa shape index (κ2) is 8.47. The summed E-state index contributed by atoms with van der Waals surface area (Å²) in [6, 6.07) is 9.93. The van der Waals surface area contributed by atoms with Crippen LogP contribution in [0.1, 0.15) is 37.7 Å². The minimum atomic E-state index is -0.421. The molecule has 0 aromatic heterocycles. The minimum absolute atomic E-state index is 0.0205. The van der Waals surface area contributed by atoms with Crippen molar-refractivity contribution in [3.8, 4) is 0 Å². The number of esters is 1. The first-order valence-electron chi connectivity index (χ1n) is 8.19. The Balaban J connectivity index is 1.68. The molecule has 0 spiro atoms. The van der Waals surface area contributed by atoms with Crippen LogP contribution in [-0.4, -0.2) is 48.9 Å². The third-order valence-electron chi connectivity index (χ3n) is 3.95. The van der Waals surface area contributed by atoms with Crippen molar-refractivity contribution < 1.29 is 19.1 Å². The number of nitrogens with zero attached hydrogens (tertiary/aromatic N) is 1. The van der Waals surface area contributed by atoms with E-state index in [0.29, 0.717) is 0 Å². The quantitative estimate of drug-likeness (QED) is 0.731. The number of amides is 2. The molecular formula is C18H24N2O4. The van der Waals surface area contributed by atoms with E-state index in [0.717, 1.165) is 18.4 Å². The van der Waals surface area contributed by atoms with Crippen LogP contribution in [0.5, 0.6) is 0 Å². The SMILES string of the molecule is C[C@H](CC(=O)OCC(=O)N(C)CC(=O)NC1CC1)c1ccccc1. The van der Waals surface area contributed by atoms with Crippen molar-refractivity contribution >= 4 is 17.8 Å². The van der Waals surface area contributed by atoms with Crippen molar-refractivity contribution in [3.63, 3.8) is 0 Å². The van der Waals surface area contributed by atoms with Gasteiger partial charge in [0.2, 0.25) is 5.91 Å². The molecule has 24 heavy (non-hydrogen) atoms. The van der Waals surface area contributed by atoms with Gasteiger partial charge in [-0.25, -0.2) is 0 Å². The van der Waals surface area contributed by atoms with E-state index >= 15 is 0 Å². The number of hydrogen-bond donors (Lipinski definition) is 1. The third-order valence-corrected chi connectivity index (χ3v) is 3.95. The summed E-state index contributed by atoms with van der Waals surface area (Å²) in [7, 11) is 1.52. The summed E-state index contributed by atoms with van der Waals surface area (Å²) in [6.07, 6.45) is 2.21. The number of rotatable bonds is 8. The van der Waals surface area contributed by atoms with Crippen molar-refractivity contribution in [2.45, 2.75) is 38.1 Å². The first-order chi connectivity index (χ1) is 11.5. The standard InChI is InChI=1S/C18H24N2O4/c1-13(14-6-4-3-5-7-14)10-18(23)24-12-17(22)20(2)11-16(21)19-15-8-9-15/h3-7,13,15H,8-12H2,1-2H3,(H,19,21)/t13-/m1/s1. The zero-order valence-electron chi connectivity index (χ0n) is 14.2. The molecule has 0 bridgehead atoms. The lowest BCUT2D eigenvalue weighted by Gasteiger charge is -2.17. The van der Waals surface area contributed by atoms with E-state index in [1.807, 2.05) is 37.3 Å². The monoisotopic (exact) mass is 332 g/mol. The first-order valence-corrected chi connectivity index (χ1v) is 8.19. The second-order valence-electron chi connectivity index (χ2n) is 6.27. The Morgan fingerprint density at radius 1 is 1.25 bits per heavy atom. The molecular weight excluding hydrogens is 308 g/mol. The molecule has 1 aliphatic rings. The predicted molar refractivity (Wildman–Crippen MR) is 89.2 cm³/mol. The van der Waals surface area contributed by atoms with E-state index < -0.39 is 5.97 Å². The number of ether oxygens (including phenoxy) is 1. The molecule has 1 aromatic rings. The molecule has 1 atom stereocenters. The third kappa shape index (κ3) is 6.02. The highest BCUT2D eigenvalue weighted by Crippen LogP contribution is 2.19. The van der Waals surface area contributed by atoms with Gasteiger partial charge in [-0.15, -0.1) is 0 Å². The molecule has 130 valence electrons. The van der Waals surface area contributed by atoms with Gasteiger partial charge < -0.3 is 15.0 Å². The fourth-order valence-corrected chi connectivity index (χ4v) is 2.27. The number of likely N-dealkylation sites (N-methyl/N-ethyl adjacent to an activating group) is 1. The van der Waals surface area contributed by atoms with Gasteiger partial charge >= 0.3 is 5.97 Å². The van der Waals surface area contributed by atoms with Crippen LogP contribution >= 0.6 is 0 Å². The van der Waals surface area contributed by atoms with Crippen LogP contribution < -0.4 is 5.32 Å². The highest BCUT2D eigenvalue weighted by molar-refractivity contribution is 5.86. The van der Waals surface area contributed by atoms with E-state index in [1.165, 1.54) is 11.9 Å². The zero-order chi connectivity index (χ0) is 17.5. The molecule has 2 amide bonds. The van der Waals surface area contributed by atoms with E-state index in [1.54, 1.807) is 0 Å². The molecule has 0 unspecified atom stereocenters. The van der Waals surface area contributed by atoms with Crippen molar-refractivity contribution in [1.29, 1.82) is 0 Å². The normalized spacial score (nSPS) is 14.6. The van der Waals surface area contributed by atoms with E-state index in [-0.39, 0.29) is 43.3 Å². The van der Waals surface area contributed by atoms with Crippen LogP contribution in [-0.2, 0) is 19.1 Å². The fraction of sp³-hybridized carbons (Fsp3) is 0.500. The number of carbonyl (C=O) groups is 3. The van der Waals surface area contributed by atoms with E-state index in [4.69, 9.17) is 4.74 Å². The molecule has 2 rings (SSSR count). The average Bonchev–Trinajstić information content (AvgIpc) is 3.37. The van der Waals surface area contributed by atoms with Gasteiger partial charge in [-0.2, -0.15) is 0 Å². The Labute approximate surface area is 142 Å². The van der Waals surface area contributed by atoms with Crippen molar-refractivity contribution in [2.75, 3.05) is 20.2 Å². The maximum Gasteiger partial charge on any atom is 0.306 e. The summed E-state index contributed by atoms with van der Waals surface area (Å²) in [5.41, 5.74) is 1.05. The number of carbonyl (C=O) groups excluding carboxylic acids is 3. The van der Waals surface area contributed by atoms with Gasteiger partial charge in [0.05, 0.1) is 13.0 Å². The Bertz CT molecular complexity index is 584. The van der Waals surface area contributed by atoms with Gasteiger partial charge in [-0.1, -0.05) is 37.3 Å². The van der Waals surface area contributed by atoms with Crippen LogP contribution in [0.3, 0.4) is 0 Å². The largest absolute Gasteiger partial charge is 0.456 e. The van der Waals surface area contributed by atoms with Gasteiger partial charge in [0.25, 0.3) is 5.91 Å². The minimum Gasteiger partial charge on any atom is -0.456 e. The molecule has 0 aliphatic heterocycles. The lowest BCUT2D eigenvalue weighted by Crippen LogP contribution is -2.40. The van der Waals surface area contributed by atoms with Crippen molar-refractivity contribution in [1.82, 2.24) is 10.2 Å². The number of benzene rings is 1. The topological polar surface area (TPSA) is 75.7 Å². The average molecular weight is 332 g/mol. The van der Waals surface area contributed by atoms with Crippen LogP contribution in [0.4, 0.5) is 0 Å². The molecule has 0 radical (unpaired) electrons. The molecule has 0 saturated heterocycles. The lowest BCUT2D eigenvalue weighted by molar-refractivity contribution is -0.152. The van der Waals surface area contributed by atoms with E-state index in [9.17, 15) is 14.4 Å². The maximum atomic E-state index is 11.9. The second-order valence-corrected chi connectivity index (χ2v) is 6.27. The van der Waals surface area contributed by atoms with Gasteiger partial charge in [-0.3, -0.25) is 14.4 Å². The van der Waals surface area contributed by atoms with Crippen LogP contribution in [0.25, 0.3) is 0 Å². The van der Waals surface area contributed by atoms with Gasteiger partial charge in [0.15, 0.2) is 6.61 Å². The summed E-state index contributed by atoms with van der Waals surface area (Å²) in [6.45, 7) is 1.58. The van der Waals surface area contributed by atoms with Crippen molar-refractivity contribution in [3.05, 3.63) is 35.9 Å². The van der Waals surface area contributed by atoms with Gasteiger partial charge in [-0.05, 0) is 24.3 Å². The summed E-state index contributed by atoms with van der Waals surface area (Å²) >= 11 is 0. The maximum absolute atomic E-state index is 11.9. The Morgan fingerprint density at radius 2 is 1.92 bits per heavy atom. The Morgan fingerprint density at radius 3 is 2.54 bits per heavy atom. The smallest absolute Gasteiger partial charge is 0.306 e. The summed E-state index contributed by atoms with van der Waals surface area (Å²) in [5.74, 6) is -0.967. The fourth-order valence-electron chi connectivity index (χ4n) is 2.27. The van der Waals surface area contributed by atoms with E-state index in [2.05, 4.69) is 5.32 Å². The molecule has 6 heteroatoms. The summed E-state index contributed by atoms with van der Waals surface area (Å²) < 4.78 is 5.03. The lowest BCUT2D eigenvalue weighted by atomic mass is 9.98. The molecule has 0 heterocycles. The molecule has 1 aliphatic carbocycles. The zero-order valence-corrected chi connectivity index (χ0v) is 14.2. The highest BCUT2D eigenvalue weighted by Gasteiger charge is 2.24. The molecule has 1 aromatic carbocycles. The number of hydrogen-bond acceptors (Lipinski definition) is 4. The summed E-state index contributed by atoms with van der Waals surface area (Å²) in [4.78, 5) is 36.7. The first kappa shape index (κ1) is 18.0. The van der Waals surface area contributed by atoms with Crippen LogP contribution in [0.2, 0.25) is 0 Å². The molecule has 1 saturated carbocycles. The molecule has 1 fully saturated rings. The van der Waals surface area contributed by atoms with Crippen LogP contribution in [0.15, 0.2) is 30.3 Å². The number of nitrogens with one attached hydrogen (secondary N) is 1.